The van der Waals surface area contributed by atoms with Crippen LogP contribution >= 0.6 is 0 Å². The fourth-order valence-corrected chi connectivity index (χ4v) is 0.575. The van der Waals surface area contributed by atoms with E-state index in [4.69, 9.17) is 5.26 Å². The molecule has 1 aromatic heterocycles. The third-order valence-corrected chi connectivity index (χ3v) is 1.12. The first-order chi connectivity index (χ1) is 4.34. The van der Waals surface area contributed by atoms with Crippen molar-refractivity contribution in [3.05, 3.63) is 18.2 Å². The number of hydrogen-bond acceptors (Lipinski definition) is 2. The molecular formula is C6H7N3. The number of aromatic nitrogens is 2. The van der Waals surface area contributed by atoms with Crippen molar-refractivity contribution in [2.24, 2.45) is 0 Å². The molecule has 1 heterocycles. The number of H-pyrrole nitrogens is 1. The van der Waals surface area contributed by atoms with Crippen LogP contribution in [0.4, 0.5) is 0 Å². The summed E-state index contributed by atoms with van der Waals surface area (Å²) in [6.07, 6.45) is 3.35. The highest BCUT2D eigenvalue weighted by Gasteiger charge is 2.03. The Bertz CT molecular complexity index is 207. The van der Waals surface area contributed by atoms with Gasteiger partial charge in [-0.15, -0.1) is 0 Å². The van der Waals surface area contributed by atoms with Gasteiger partial charge in [0.15, 0.2) is 0 Å². The largest absolute Gasteiger partial charge is 0.347 e. The SMILES string of the molecule is CC(C#N)c1ncc[nH]1. The Morgan fingerprint density at radius 1 is 1.89 bits per heavy atom. The van der Waals surface area contributed by atoms with Gasteiger partial charge in [0, 0.05) is 12.4 Å². The van der Waals surface area contributed by atoms with Crippen LogP contribution in [0.2, 0.25) is 0 Å². The molecule has 1 atom stereocenters. The van der Waals surface area contributed by atoms with Crippen molar-refractivity contribution in [3.8, 4) is 6.07 Å². The molecule has 1 N–H and O–H groups in total. The summed E-state index contributed by atoms with van der Waals surface area (Å²) in [7, 11) is 0. The monoisotopic (exact) mass is 121 g/mol. The molecule has 9 heavy (non-hydrogen) atoms. The van der Waals surface area contributed by atoms with Crippen molar-refractivity contribution in [1.82, 2.24) is 9.97 Å². The van der Waals surface area contributed by atoms with Gasteiger partial charge in [-0.2, -0.15) is 5.26 Å². The standard InChI is InChI=1S/C6H7N3/c1-5(4-7)6-8-2-3-9-6/h2-3,5H,1H3,(H,8,9). The van der Waals surface area contributed by atoms with E-state index in [1.54, 1.807) is 19.3 Å². The van der Waals surface area contributed by atoms with E-state index in [0.29, 0.717) is 0 Å². The van der Waals surface area contributed by atoms with Gasteiger partial charge in [0.05, 0.1) is 6.07 Å². The molecule has 0 radical (unpaired) electrons. The van der Waals surface area contributed by atoms with E-state index in [1.807, 2.05) is 0 Å². The van der Waals surface area contributed by atoms with Gasteiger partial charge < -0.3 is 4.98 Å². The maximum Gasteiger partial charge on any atom is 0.123 e. The fraction of sp³-hybridized carbons (Fsp3) is 0.333. The minimum absolute atomic E-state index is 0.125. The van der Waals surface area contributed by atoms with Gasteiger partial charge in [-0.3, -0.25) is 0 Å². The Hall–Kier alpha value is -1.30. The van der Waals surface area contributed by atoms with Crippen molar-refractivity contribution in [2.75, 3.05) is 0 Å². The number of nitrogens with zero attached hydrogens (tertiary/aromatic N) is 2. The molecule has 0 saturated carbocycles. The van der Waals surface area contributed by atoms with E-state index in [-0.39, 0.29) is 5.92 Å². The lowest BCUT2D eigenvalue weighted by atomic mass is 10.2. The molecular weight excluding hydrogens is 114 g/mol. The average Bonchev–Trinajstić information content (AvgIpc) is 2.37. The molecule has 3 heteroatoms. The van der Waals surface area contributed by atoms with Crippen molar-refractivity contribution in [1.29, 1.82) is 5.26 Å². The van der Waals surface area contributed by atoms with Crippen LogP contribution in [-0.4, -0.2) is 9.97 Å². The van der Waals surface area contributed by atoms with Crippen molar-refractivity contribution in [2.45, 2.75) is 12.8 Å². The second-order valence-corrected chi connectivity index (χ2v) is 1.83. The van der Waals surface area contributed by atoms with Gasteiger partial charge in [0.25, 0.3) is 0 Å². The Morgan fingerprint density at radius 3 is 3.11 bits per heavy atom. The fourth-order valence-electron chi connectivity index (χ4n) is 0.575. The van der Waals surface area contributed by atoms with E-state index in [9.17, 15) is 0 Å². The lowest BCUT2D eigenvalue weighted by molar-refractivity contribution is 0.884. The lowest BCUT2D eigenvalue weighted by Gasteiger charge is -1.92. The molecule has 0 fully saturated rings. The smallest absolute Gasteiger partial charge is 0.123 e. The number of rotatable bonds is 1. The maximum atomic E-state index is 8.40. The van der Waals surface area contributed by atoms with Crippen LogP contribution in [0.25, 0.3) is 0 Å². The molecule has 0 aliphatic rings. The molecule has 46 valence electrons. The molecule has 0 spiro atoms. The average molecular weight is 121 g/mol. The van der Waals surface area contributed by atoms with Crippen LogP contribution in [0.15, 0.2) is 12.4 Å². The zero-order valence-electron chi connectivity index (χ0n) is 5.13. The molecule has 0 bridgehead atoms. The maximum absolute atomic E-state index is 8.40. The summed E-state index contributed by atoms with van der Waals surface area (Å²) in [6, 6.07) is 2.07. The highest BCUT2D eigenvalue weighted by atomic mass is 14.9. The summed E-state index contributed by atoms with van der Waals surface area (Å²) in [4.78, 5) is 6.76. The van der Waals surface area contributed by atoms with E-state index in [2.05, 4.69) is 16.0 Å². The second-order valence-electron chi connectivity index (χ2n) is 1.83. The van der Waals surface area contributed by atoms with Crippen molar-refractivity contribution in [3.63, 3.8) is 0 Å². The molecule has 1 unspecified atom stereocenters. The molecule has 1 aromatic rings. The zero-order chi connectivity index (χ0) is 6.69. The molecule has 0 saturated heterocycles. The van der Waals surface area contributed by atoms with Crippen LogP contribution in [0, 0.1) is 11.3 Å². The molecule has 0 aliphatic heterocycles. The molecule has 0 aromatic carbocycles. The number of hydrogen-bond donors (Lipinski definition) is 1. The van der Waals surface area contributed by atoms with Gasteiger partial charge in [-0.05, 0) is 6.92 Å². The van der Waals surface area contributed by atoms with E-state index in [1.165, 1.54) is 0 Å². The molecule has 0 aliphatic carbocycles. The molecule has 0 amide bonds. The summed E-state index contributed by atoms with van der Waals surface area (Å²) in [6.45, 7) is 1.80. The van der Waals surface area contributed by atoms with Gasteiger partial charge in [0.2, 0.25) is 0 Å². The Balaban J connectivity index is 2.80. The van der Waals surface area contributed by atoms with Crippen LogP contribution in [0.5, 0.6) is 0 Å². The summed E-state index contributed by atoms with van der Waals surface area (Å²) in [5.41, 5.74) is 0. The van der Waals surface area contributed by atoms with Crippen molar-refractivity contribution < 1.29 is 0 Å². The van der Waals surface area contributed by atoms with Crippen molar-refractivity contribution >= 4 is 0 Å². The Labute approximate surface area is 53.3 Å². The Kier molecular flexibility index (Phi) is 1.50. The van der Waals surface area contributed by atoms with E-state index < -0.39 is 0 Å². The normalized spacial score (nSPS) is 12.4. The first-order valence-corrected chi connectivity index (χ1v) is 2.73. The van der Waals surface area contributed by atoms with Gasteiger partial charge in [0.1, 0.15) is 11.7 Å². The summed E-state index contributed by atoms with van der Waals surface area (Å²) in [5.74, 6) is 0.609. The number of nitriles is 1. The number of imidazole rings is 1. The van der Waals surface area contributed by atoms with Gasteiger partial charge >= 0.3 is 0 Å². The van der Waals surface area contributed by atoms with Crippen LogP contribution in [-0.2, 0) is 0 Å². The topological polar surface area (TPSA) is 52.5 Å². The first-order valence-electron chi connectivity index (χ1n) is 2.73. The lowest BCUT2D eigenvalue weighted by Crippen LogP contribution is -1.90. The Morgan fingerprint density at radius 2 is 2.67 bits per heavy atom. The highest BCUT2D eigenvalue weighted by molar-refractivity contribution is 5.05. The third-order valence-electron chi connectivity index (χ3n) is 1.12. The number of aromatic amines is 1. The zero-order valence-corrected chi connectivity index (χ0v) is 5.13. The summed E-state index contributed by atoms with van der Waals surface area (Å²) in [5, 5.41) is 8.40. The van der Waals surface area contributed by atoms with Crippen LogP contribution in [0.1, 0.15) is 18.7 Å². The van der Waals surface area contributed by atoms with Crippen LogP contribution in [0.3, 0.4) is 0 Å². The summed E-state index contributed by atoms with van der Waals surface area (Å²) < 4.78 is 0. The number of nitrogens with one attached hydrogen (secondary N) is 1. The van der Waals surface area contributed by atoms with E-state index >= 15 is 0 Å². The van der Waals surface area contributed by atoms with Gasteiger partial charge in [-0.25, -0.2) is 4.98 Å². The predicted octanol–water partition coefficient (Wildman–Crippen LogP) is 1.04. The summed E-state index contributed by atoms with van der Waals surface area (Å²) >= 11 is 0. The third kappa shape index (κ3) is 1.08. The quantitative estimate of drug-likeness (QED) is 0.603. The molecule has 3 nitrogen and oxygen atoms in total. The molecule has 1 rings (SSSR count). The highest BCUT2D eigenvalue weighted by Crippen LogP contribution is 2.05. The van der Waals surface area contributed by atoms with Gasteiger partial charge in [-0.1, -0.05) is 0 Å². The van der Waals surface area contributed by atoms with Crippen LogP contribution < -0.4 is 0 Å². The minimum atomic E-state index is -0.125. The van der Waals surface area contributed by atoms with E-state index in [0.717, 1.165) is 5.82 Å². The second kappa shape index (κ2) is 2.31. The minimum Gasteiger partial charge on any atom is -0.347 e. The predicted molar refractivity (Wildman–Crippen MR) is 32.6 cm³/mol. The first kappa shape index (κ1) is 5.83.